The van der Waals surface area contributed by atoms with Gasteiger partial charge in [-0.15, -0.1) is 0 Å². The molecule has 0 spiro atoms. The van der Waals surface area contributed by atoms with Crippen LogP contribution in [-0.2, 0) is 4.79 Å². The Morgan fingerprint density at radius 2 is 1.71 bits per heavy atom. The highest BCUT2D eigenvalue weighted by molar-refractivity contribution is 6.43. The fourth-order valence-corrected chi connectivity index (χ4v) is 3.07. The molecule has 6 heteroatoms. The molecule has 0 aromatic heterocycles. The first-order valence-electron chi connectivity index (χ1n) is 6.96. The number of amides is 1. The van der Waals surface area contributed by atoms with Gasteiger partial charge in [0.2, 0.25) is 0 Å². The second-order valence-corrected chi connectivity index (χ2v) is 6.14. The summed E-state index contributed by atoms with van der Waals surface area (Å²) in [6.45, 7) is 0. The molecule has 1 aliphatic rings. The number of halogens is 2. The second-order valence-electron chi connectivity index (χ2n) is 5.36. The van der Waals surface area contributed by atoms with Crippen LogP contribution in [0, 0.1) is 0 Å². The Balaban J connectivity index is 2.26. The smallest absolute Gasteiger partial charge is 0.329 e. The first-order valence-corrected chi connectivity index (χ1v) is 7.72. The van der Waals surface area contributed by atoms with Crippen LogP contribution in [0.15, 0.2) is 18.2 Å². The van der Waals surface area contributed by atoms with Gasteiger partial charge < -0.3 is 10.4 Å². The van der Waals surface area contributed by atoms with Crippen LogP contribution >= 0.6 is 23.2 Å². The van der Waals surface area contributed by atoms with E-state index in [2.05, 4.69) is 5.32 Å². The minimum absolute atomic E-state index is 0.144. The zero-order chi connectivity index (χ0) is 15.5. The van der Waals surface area contributed by atoms with Crippen molar-refractivity contribution in [2.75, 3.05) is 0 Å². The first kappa shape index (κ1) is 16.1. The molecule has 0 atom stereocenters. The summed E-state index contributed by atoms with van der Waals surface area (Å²) in [7, 11) is 0. The van der Waals surface area contributed by atoms with Crippen LogP contribution in [0.25, 0.3) is 0 Å². The maximum atomic E-state index is 12.4. The van der Waals surface area contributed by atoms with Gasteiger partial charge in [-0.2, -0.15) is 0 Å². The quantitative estimate of drug-likeness (QED) is 0.826. The first-order chi connectivity index (χ1) is 9.96. The van der Waals surface area contributed by atoms with Gasteiger partial charge in [-0.05, 0) is 25.0 Å². The Morgan fingerprint density at radius 3 is 2.29 bits per heavy atom. The molecule has 1 aliphatic carbocycles. The number of hydrogen-bond donors (Lipinski definition) is 2. The van der Waals surface area contributed by atoms with E-state index < -0.39 is 17.4 Å². The van der Waals surface area contributed by atoms with Crippen molar-refractivity contribution in [3.05, 3.63) is 33.8 Å². The molecule has 1 amide bonds. The molecule has 0 unspecified atom stereocenters. The van der Waals surface area contributed by atoms with E-state index in [4.69, 9.17) is 23.2 Å². The second kappa shape index (κ2) is 6.67. The van der Waals surface area contributed by atoms with E-state index in [1.54, 1.807) is 12.1 Å². The average molecular weight is 330 g/mol. The molecule has 1 aromatic rings. The molecular weight excluding hydrogens is 313 g/mol. The molecule has 1 aromatic carbocycles. The fraction of sp³-hybridized carbons (Fsp3) is 0.467. The molecule has 0 aliphatic heterocycles. The minimum Gasteiger partial charge on any atom is -0.480 e. The van der Waals surface area contributed by atoms with Crippen LogP contribution in [-0.4, -0.2) is 22.5 Å². The van der Waals surface area contributed by atoms with Gasteiger partial charge in [-0.25, -0.2) is 4.79 Å². The van der Waals surface area contributed by atoms with Gasteiger partial charge in [0, 0.05) is 0 Å². The lowest BCUT2D eigenvalue weighted by molar-refractivity contribution is -0.145. The van der Waals surface area contributed by atoms with Crippen molar-refractivity contribution in [2.24, 2.45) is 0 Å². The third kappa shape index (κ3) is 3.50. The van der Waals surface area contributed by atoms with Crippen LogP contribution in [0.3, 0.4) is 0 Å². The van der Waals surface area contributed by atoms with Gasteiger partial charge in [0.15, 0.2) is 0 Å². The summed E-state index contributed by atoms with van der Waals surface area (Å²) in [5, 5.41) is 12.7. The lowest BCUT2D eigenvalue weighted by Gasteiger charge is -2.29. The van der Waals surface area contributed by atoms with Gasteiger partial charge in [-0.3, -0.25) is 4.79 Å². The normalized spacial score (nSPS) is 17.8. The molecule has 1 fully saturated rings. The highest BCUT2D eigenvalue weighted by Gasteiger charge is 2.40. The number of carbonyl (C=O) groups excluding carboxylic acids is 1. The monoisotopic (exact) mass is 329 g/mol. The van der Waals surface area contributed by atoms with E-state index >= 15 is 0 Å². The SMILES string of the molecule is O=C(NC1(C(=O)O)CCCCCC1)c1cccc(Cl)c1Cl. The molecule has 0 radical (unpaired) electrons. The topological polar surface area (TPSA) is 66.4 Å². The molecule has 2 rings (SSSR count). The largest absolute Gasteiger partial charge is 0.480 e. The van der Waals surface area contributed by atoms with Gasteiger partial charge in [0.25, 0.3) is 5.91 Å². The van der Waals surface area contributed by atoms with E-state index in [-0.39, 0.29) is 15.6 Å². The van der Waals surface area contributed by atoms with Gasteiger partial charge in [0.1, 0.15) is 5.54 Å². The highest BCUT2D eigenvalue weighted by Crippen LogP contribution is 2.30. The summed E-state index contributed by atoms with van der Waals surface area (Å²) in [4.78, 5) is 24.1. The van der Waals surface area contributed by atoms with E-state index in [1.165, 1.54) is 6.07 Å². The minimum atomic E-state index is -1.21. The van der Waals surface area contributed by atoms with Crippen molar-refractivity contribution in [1.29, 1.82) is 0 Å². The Bertz CT molecular complexity index is 552. The number of nitrogens with one attached hydrogen (secondary N) is 1. The predicted molar refractivity (Wildman–Crippen MR) is 82.0 cm³/mol. The van der Waals surface area contributed by atoms with Crippen LogP contribution < -0.4 is 5.32 Å². The van der Waals surface area contributed by atoms with E-state index in [1.807, 2.05) is 0 Å². The molecular formula is C15H17Cl2NO3. The maximum Gasteiger partial charge on any atom is 0.329 e. The standard InChI is InChI=1S/C15H17Cl2NO3/c16-11-7-5-6-10(12(11)17)13(19)18-15(14(20)21)8-3-1-2-4-9-15/h5-7H,1-4,8-9H2,(H,18,19)(H,20,21). The van der Waals surface area contributed by atoms with E-state index in [0.717, 1.165) is 25.7 Å². The molecule has 0 heterocycles. The van der Waals surface area contributed by atoms with E-state index in [9.17, 15) is 14.7 Å². The number of carboxylic acids is 1. The maximum absolute atomic E-state index is 12.4. The summed E-state index contributed by atoms with van der Waals surface area (Å²) < 4.78 is 0. The number of hydrogen-bond acceptors (Lipinski definition) is 2. The van der Waals surface area contributed by atoms with Gasteiger partial charge >= 0.3 is 5.97 Å². The molecule has 114 valence electrons. The van der Waals surface area contributed by atoms with Crippen molar-refractivity contribution in [3.63, 3.8) is 0 Å². The van der Waals surface area contributed by atoms with E-state index in [0.29, 0.717) is 12.8 Å². The molecule has 21 heavy (non-hydrogen) atoms. The molecule has 2 N–H and O–H groups in total. The van der Waals surface area contributed by atoms with Crippen LogP contribution in [0.5, 0.6) is 0 Å². The molecule has 1 saturated carbocycles. The summed E-state index contributed by atoms with van der Waals surface area (Å²) in [6, 6.07) is 4.73. The lowest BCUT2D eigenvalue weighted by Crippen LogP contribution is -2.54. The van der Waals surface area contributed by atoms with Crippen LogP contribution in [0.4, 0.5) is 0 Å². The zero-order valence-electron chi connectivity index (χ0n) is 11.5. The Hall–Kier alpha value is -1.26. The Kier molecular flexibility index (Phi) is 5.12. The van der Waals surface area contributed by atoms with Crippen molar-refractivity contribution in [3.8, 4) is 0 Å². The number of carboxylic acid groups (broad SMARTS) is 1. The van der Waals surface area contributed by atoms with Crippen molar-refractivity contribution in [2.45, 2.75) is 44.1 Å². The predicted octanol–water partition coefficient (Wildman–Crippen LogP) is 3.90. The lowest BCUT2D eigenvalue weighted by atomic mass is 9.90. The number of benzene rings is 1. The average Bonchev–Trinajstić information content (AvgIpc) is 2.68. The molecule has 0 bridgehead atoms. The molecule has 4 nitrogen and oxygen atoms in total. The third-order valence-electron chi connectivity index (χ3n) is 3.92. The summed E-state index contributed by atoms with van der Waals surface area (Å²) in [6.07, 6.45) is 4.43. The third-order valence-corrected chi connectivity index (χ3v) is 4.73. The fourth-order valence-electron chi connectivity index (χ4n) is 2.69. The van der Waals surface area contributed by atoms with Crippen molar-refractivity contribution >= 4 is 35.1 Å². The molecule has 0 saturated heterocycles. The van der Waals surface area contributed by atoms with Crippen molar-refractivity contribution < 1.29 is 14.7 Å². The number of aliphatic carboxylic acids is 1. The van der Waals surface area contributed by atoms with Gasteiger partial charge in [-0.1, -0.05) is 55.0 Å². The van der Waals surface area contributed by atoms with Crippen LogP contribution in [0.1, 0.15) is 48.9 Å². The Morgan fingerprint density at radius 1 is 1.10 bits per heavy atom. The number of carbonyl (C=O) groups is 2. The summed E-state index contributed by atoms with van der Waals surface area (Å²) in [5.74, 6) is -1.48. The zero-order valence-corrected chi connectivity index (χ0v) is 13.0. The van der Waals surface area contributed by atoms with Crippen molar-refractivity contribution in [1.82, 2.24) is 5.32 Å². The summed E-state index contributed by atoms with van der Waals surface area (Å²) in [5.41, 5.74) is -1.01. The van der Waals surface area contributed by atoms with Gasteiger partial charge in [0.05, 0.1) is 15.6 Å². The number of rotatable bonds is 3. The Labute approximate surface area is 133 Å². The summed E-state index contributed by atoms with van der Waals surface area (Å²) >= 11 is 11.9. The van der Waals surface area contributed by atoms with Crippen LogP contribution in [0.2, 0.25) is 10.0 Å². The highest BCUT2D eigenvalue weighted by atomic mass is 35.5.